The fraction of sp³-hybridized carbons (Fsp3) is 0.394. The molecular formula is C33H39N9O3. The number of hydrogen-bond donors (Lipinski definition) is 3. The van der Waals surface area contributed by atoms with Crippen molar-refractivity contribution in [1.29, 1.82) is 0 Å². The van der Waals surface area contributed by atoms with Gasteiger partial charge in [0.2, 0.25) is 17.6 Å². The first-order valence-corrected chi connectivity index (χ1v) is 15.5. The molecule has 1 saturated heterocycles. The number of aromatic nitrogens is 5. The van der Waals surface area contributed by atoms with Gasteiger partial charge in [-0.15, -0.1) is 10.2 Å². The van der Waals surface area contributed by atoms with E-state index in [1.807, 2.05) is 60.8 Å². The molecule has 2 aromatic carbocycles. The summed E-state index contributed by atoms with van der Waals surface area (Å²) in [6.07, 6.45) is 5.41. The van der Waals surface area contributed by atoms with Crippen molar-refractivity contribution < 1.29 is 14.3 Å². The number of nitrogens with zero attached hydrogens (tertiary/aromatic N) is 6. The van der Waals surface area contributed by atoms with E-state index in [0.717, 1.165) is 66.8 Å². The molecule has 0 radical (unpaired) electrons. The molecule has 6 rings (SSSR count). The molecule has 1 atom stereocenters. The summed E-state index contributed by atoms with van der Waals surface area (Å²) < 4.78 is 5.45. The monoisotopic (exact) mass is 609 g/mol. The second-order valence-corrected chi connectivity index (χ2v) is 11.8. The quantitative estimate of drug-likeness (QED) is 0.245. The summed E-state index contributed by atoms with van der Waals surface area (Å²) in [5, 5.41) is 14.1. The lowest BCUT2D eigenvalue weighted by molar-refractivity contribution is -0.127. The van der Waals surface area contributed by atoms with Gasteiger partial charge in [-0.05, 0) is 90.9 Å². The number of morpholine rings is 1. The molecule has 0 unspecified atom stereocenters. The first kappa shape index (κ1) is 30.4. The molecule has 4 aromatic rings. The number of nitrogens with two attached hydrogens (primary N) is 2. The van der Waals surface area contributed by atoms with E-state index >= 15 is 0 Å². The number of nitrogens with one attached hydrogen (secondary N) is 1. The Hall–Kier alpha value is -4.68. The number of amides is 2. The van der Waals surface area contributed by atoms with Gasteiger partial charge >= 0.3 is 0 Å². The van der Waals surface area contributed by atoms with Crippen LogP contribution in [0.2, 0.25) is 0 Å². The van der Waals surface area contributed by atoms with Gasteiger partial charge in [0.25, 0.3) is 0 Å². The molecule has 1 aliphatic heterocycles. The van der Waals surface area contributed by atoms with Gasteiger partial charge in [-0.25, -0.2) is 4.98 Å². The summed E-state index contributed by atoms with van der Waals surface area (Å²) in [7, 11) is 0. The van der Waals surface area contributed by atoms with Crippen molar-refractivity contribution in [2.75, 3.05) is 42.6 Å². The van der Waals surface area contributed by atoms with E-state index in [4.69, 9.17) is 16.2 Å². The smallest absolute Gasteiger partial charge is 0.240 e. The minimum Gasteiger partial charge on any atom is -0.378 e. The van der Waals surface area contributed by atoms with Crippen LogP contribution in [0.1, 0.15) is 31.2 Å². The van der Waals surface area contributed by atoms with Crippen LogP contribution < -0.4 is 21.3 Å². The Labute approximate surface area is 262 Å². The van der Waals surface area contributed by atoms with Crippen molar-refractivity contribution in [2.24, 2.45) is 23.3 Å². The predicted molar refractivity (Wildman–Crippen MR) is 171 cm³/mol. The minimum atomic E-state index is -0.874. The van der Waals surface area contributed by atoms with E-state index in [9.17, 15) is 9.59 Å². The third kappa shape index (κ3) is 7.02. The van der Waals surface area contributed by atoms with Gasteiger partial charge in [0.1, 0.15) is 11.9 Å². The van der Waals surface area contributed by atoms with Crippen LogP contribution >= 0.6 is 0 Å². The topological polar surface area (TPSA) is 169 Å². The molecule has 2 aromatic heterocycles. The highest BCUT2D eigenvalue weighted by atomic mass is 16.5. The van der Waals surface area contributed by atoms with Crippen LogP contribution in [-0.2, 0) is 20.7 Å². The zero-order valence-electron chi connectivity index (χ0n) is 25.2. The number of ether oxygens (including phenoxy) is 1. The van der Waals surface area contributed by atoms with Crippen molar-refractivity contribution >= 4 is 23.3 Å². The van der Waals surface area contributed by atoms with Crippen LogP contribution in [0.3, 0.4) is 0 Å². The molecule has 1 aliphatic carbocycles. The fourth-order valence-corrected chi connectivity index (χ4v) is 6.27. The number of tetrazole rings is 1. The van der Waals surface area contributed by atoms with Gasteiger partial charge in [-0.1, -0.05) is 24.3 Å². The first-order valence-electron chi connectivity index (χ1n) is 15.5. The standard InChI is InChI=1S/C33H39N9O3/c34-20-23-3-7-26(8-4-23)33(44)42(28-12-9-25(10-13-28)32-37-39-40-38-32)29(31(35)43)19-22-1-5-24(6-2-22)27-11-14-30(36-21-27)41-15-17-45-18-16-41/h1-2,5-6,9-14,21,23,26,29H,3-4,7-8,15-20,34H2,(H2,35,43)(H,37,38,39,40)/t23?,26?,29-/m0/s1. The van der Waals surface area contributed by atoms with Crippen molar-refractivity contribution in [3.8, 4) is 22.5 Å². The Morgan fingerprint density at radius 2 is 1.62 bits per heavy atom. The Bertz CT molecular complexity index is 1550. The summed E-state index contributed by atoms with van der Waals surface area (Å²) >= 11 is 0. The maximum Gasteiger partial charge on any atom is 0.240 e. The average molecular weight is 610 g/mol. The lowest BCUT2D eigenvalue weighted by Gasteiger charge is -2.35. The molecule has 0 spiro atoms. The Balaban J connectivity index is 1.23. The highest BCUT2D eigenvalue weighted by Gasteiger charge is 2.36. The summed E-state index contributed by atoms with van der Waals surface area (Å²) in [5.41, 5.74) is 16.2. The van der Waals surface area contributed by atoms with Gasteiger partial charge < -0.3 is 21.1 Å². The molecule has 1 saturated carbocycles. The highest BCUT2D eigenvalue weighted by molar-refractivity contribution is 6.01. The molecule has 3 heterocycles. The Kier molecular flexibility index (Phi) is 9.41. The molecule has 45 heavy (non-hydrogen) atoms. The van der Waals surface area contributed by atoms with Crippen molar-refractivity contribution in [3.63, 3.8) is 0 Å². The van der Waals surface area contributed by atoms with Gasteiger partial charge in [-0.3, -0.25) is 14.5 Å². The largest absolute Gasteiger partial charge is 0.378 e. The zero-order chi connectivity index (χ0) is 31.2. The van der Waals surface area contributed by atoms with E-state index in [-0.39, 0.29) is 18.2 Å². The second-order valence-electron chi connectivity index (χ2n) is 11.8. The highest BCUT2D eigenvalue weighted by Crippen LogP contribution is 2.33. The van der Waals surface area contributed by atoms with Crippen molar-refractivity contribution in [1.82, 2.24) is 25.6 Å². The summed E-state index contributed by atoms with van der Waals surface area (Å²) in [6, 6.07) is 18.5. The van der Waals surface area contributed by atoms with Crippen LogP contribution in [0.5, 0.6) is 0 Å². The number of aromatic amines is 1. The van der Waals surface area contributed by atoms with Crippen molar-refractivity contribution in [2.45, 2.75) is 38.1 Å². The third-order valence-electron chi connectivity index (χ3n) is 8.96. The predicted octanol–water partition coefficient (Wildman–Crippen LogP) is 2.96. The molecule has 234 valence electrons. The van der Waals surface area contributed by atoms with Crippen LogP contribution in [0, 0.1) is 11.8 Å². The van der Waals surface area contributed by atoms with Crippen LogP contribution in [0.4, 0.5) is 11.5 Å². The summed E-state index contributed by atoms with van der Waals surface area (Å²) in [6.45, 7) is 3.71. The molecule has 12 nitrogen and oxygen atoms in total. The summed E-state index contributed by atoms with van der Waals surface area (Å²) in [5.74, 6) is 0.944. The molecule has 0 bridgehead atoms. The Morgan fingerprint density at radius 3 is 2.22 bits per heavy atom. The van der Waals surface area contributed by atoms with Crippen LogP contribution in [0.15, 0.2) is 66.9 Å². The number of primary amides is 1. The number of carbonyl (C=O) groups excluding carboxylic acids is 2. The average Bonchev–Trinajstić information content (AvgIpc) is 3.64. The maximum absolute atomic E-state index is 14.2. The van der Waals surface area contributed by atoms with Crippen molar-refractivity contribution in [3.05, 3.63) is 72.4 Å². The van der Waals surface area contributed by atoms with E-state index in [1.54, 1.807) is 4.90 Å². The lowest BCUT2D eigenvalue weighted by Crippen LogP contribution is -2.52. The van der Waals surface area contributed by atoms with E-state index in [0.29, 0.717) is 37.2 Å². The molecule has 2 fully saturated rings. The number of benzene rings is 2. The lowest BCUT2D eigenvalue weighted by atomic mass is 9.81. The minimum absolute atomic E-state index is 0.0929. The summed E-state index contributed by atoms with van der Waals surface area (Å²) in [4.78, 5) is 35.7. The molecule has 2 aliphatic rings. The van der Waals surface area contributed by atoms with Crippen LogP contribution in [-0.4, -0.2) is 76.3 Å². The maximum atomic E-state index is 14.2. The number of rotatable bonds is 10. The normalized spacial score (nSPS) is 19.2. The van der Waals surface area contributed by atoms with Crippen LogP contribution in [0.25, 0.3) is 22.5 Å². The van der Waals surface area contributed by atoms with E-state index in [1.165, 1.54) is 0 Å². The number of H-pyrrole nitrogens is 1. The zero-order valence-corrected chi connectivity index (χ0v) is 25.2. The SMILES string of the molecule is NCC1CCC(C(=O)N(c2ccc(-c3nn[nH]n3)cc2)[C@@H](Cc2ccc(-c3ccc(N4CCOCC4)nc3)cc2)C(N)=O)CC1. The first-order chi connectivity index (χ1) is 22.0. The number of anilines is 2. The number of carbonyl (C=O) groups is 2. The fourth-order valence-electron chi connectivity index (χ4n) is 6.27. The molecule has 5 N–H and O–H groups in total. The van der Waals surface area contributed by atoms with Gasteiger partial charge in [-0.2, -0.15) is 5.21 Å². The second kappa shape index (κ2) is 14.0. The molecule has 2 amide bonds. The van der Waals surface area contributed by atoms with Gasteiger partial charge in [0.05, 0.1) is 13.2 Å². The van der Waals surface area contributed by atoms with Gasteiger partial charge in [0.15, 0.2) is 0 Å². The van der Waals surface area contributed by atoms with E-state index in [2.05, 4.69) is 36.6 Å². The Morgan fingerprint density at radius 1 is 0.933 bits per heavy atom. The number of hydrogen-bond acceptors (Lipinski definition) is 9. The third-order valence-corrected chi connectivity index (χ3v) is 8.96. The molecule has 12 heteroatoms. The van der Waals surface area contributed by atoms with Gasteiger partial charge in [0, 0.05) is 48.4 Å². The molecular weight excluding hydrogens is 570 g/mol. The number of pyridine rings is 1. The van der Waals surface area contributed by atoms with E-state index < -0.39 is 11.9 Å².